The van der Waals surface area contributed by atoms with E-state index in [4.69, 9.17) is 88.6 Å². The zero-order valence-corrected chi connectivity index (χ0v) is 31.0. The first-order valence-corrected chi connectivity index (χ1v) is 18.2. The van der Waals surface area contributed by atoms with E-state index >= 15 is 0 Å². The number of rotatable bonds is 8. The van der Waals surface area contributed by atoms with Crippen molar-refractivity contribution < 1.29 is 38.1 Å². The van der Waals surface area contributed by atoms with Crippen LogP contribution < -0.4 is 9.47 Å². The molecule has 8 nitrogen and oxygen atoms in total. The zero-order chi connectivity index (χ0) is 35.1. The highest BCUT2D eigenvalue weighted by molar-refractivity contribution is 6.47. The van der Waals surface area contributed by atoms with E-state index in [9.17, 15) is 19.2 Å². The lowest BCUT2D eigenvalue weighted by Gasteiger charge is -2.22. The molecule has 4 unspecified atom stereocenters. The number of halogens is 6. The molecule has 2 aliphatic carbocycles. The van der Waals surface area contributed by atoms with E-state index < -0.39 is 46.5 Å². The summed E-state index contributed by atoms with van der Waals surface area (Å²) in [5.74, 6) is -5.37. The summed E-state index contributed by atoms with van der Waals surface area (Å²) in [5, 5.41) is -1.41. The fraction of sp³-hybridized carbons (Fsp3) is 0.529. The van der Waals surface area contributed by atoms with Crippen LogP contribution in [0.2, 0.25) is 30.1 Å². The Morgan fingerprint density at radius 2 is 0.917 bits per heavy atom. The number of ether oxygens (including phenoxy) is 4. The third kappa shape index (κ3) is 9.64. The van der Waals surface area contributed by atoms with Gasteiger partial charge in [-0.1, -0.05) is 135 Å². The van der Waals surface area contributed by atoms with E-state index in [2.05, 4.69) is 13.8 Å². The Kier molecular flexibility index (Phi) is 14.4. The van der Waals surface area contributed by atoms with Crippen molar-refractivity contribution in [1.29, 1.82) is 0 Å². The van der Waals surface area contributed by atoms with Crippen LogP contribution in [0.1, 0.15) is 98.8 Å². The van der Waals surface area contributed by atoms with Gasteiger partial charge in [0.05, 0.1) is 43.3 Å². The van der Waals surface area contributed by atoms with Gasteiger partial charge in [0.2, 0.25) is 0 Å². The van der Waals surface area contributed by atoms with Crippen molar-refractivity contribution in [2.24, 2.45) is 23.7 Å². The van der Waals surface area contributed by atoms with E-state index in [-0.39, 0.29) is 55.2 Å². The van der Waals surface area contributed by atoms with Crippen molar-refractivity contribution in [2.75, 3.05) is 13.2 Å². The number of hydrogen-bond donors (Lipinski definition) is 0. The van der Waals surface area contributed by atoms with E-state index in [0.717, 1.165) is 76.3 Å². The van der Waals surface area contributed by atoms with Crippen LogP contribution in [0, 0.1) is 23.7 Å². The monoisotopic (exact) mass is 782 g/mol. The average Bonchev–Trinajstić information content (AvgIpc) is 3.38. The predicted molar refractivity (Wildman–Crippen MR) is 186 cm³/mol. The summed E-state index contributed by atoms with van der Waals surface area (Å²) in [6, 6.07) is 2.28. The molecule has 0 N–H and O–H groups in total. The van der Waals surface area contributed by atoms with Gasteiger partial charge < -0.3 is 18.9 Å². The molecule has 262 valence electrons. The molecular formula is C34H36Cl6O8. The van der Waals surface area contributed by atoms with Crippen LogP contribution in [0.4, 0.5) is 0 Å². The molecule has 2 aromatic carbocycles. The summed E-state index contributed by atoms with van der Waals surface area (Å²) in [5.41, 5.74) is -0.887. The minimum atomic E-state index is -1.63. The van der Waals surface area contributed by atoms with Crippen molar-refractivity contribution in [3.8, 4) is 11.5 Å². The van der Waals surface area contributed by atoms with Gasteiger partial charge in [-0.05, 0) is 48.6 Å². The van der Waals surface area contributed by atoms with Crippen molar-refractivity contribution in [3.05, 3.63) is 53.4 Å². The van der Waals surface area contributed by atoms with Crippen LogP contribution >= 0.6 is 69.6 Å². The Morgan fingerprint density at radius 1 is 0.562 bits per heavy atom. The first-order chi connectivity index (χ1) is 22.8. The molecule has 0 saturated heterocycles. The molecule has 0 heterocycles. The Labute approximate surface area is 309 Å². The Hall–Kier alpha value is -1.94. The maximum atomic E-state index is 13.3. The van der Waals surface area contributed by atoms with Gasteiger partial charge in [0.25, 0.3) is 0 Å². The second-order valence-electron chi connectivity index (χ2n) is 12.4. The van der Waals surface area contributed by atoms with Crippen LogP contribution in [-0.2, 0) is 19.1 Å². The maximum absolute atomic E-state index is 13.3. The van der Waals surface area contributed by atoms with Gasteiger partial charge >= 0.3 is 23.9 Å². The summed E-state index contributed by atoms with van der Waals surface area (Å²) in [6.07, 6.45) is 10.3. The molecule has 2 aliphatic rings. The van der Waals surface area contributed by atoms with Crippen LogP contribution in [0.25, 0.3) is 0 Å². The molecule has 4 atom stereocenters. The van der Waals surface area contributed by atoms with E-state index in [0.29, 0.717) is 11.8 Å². The minimum Gasteiger partial charge on any atom is -0.462 e. The molecule has 2 fully saturated rings. The van der Waals surface area contributed by atoms with Crippen molar-refractivity contribution >= 4 is 93.5 Å². The number of carbonyl (C=O) groups is 4. The Bertz CT molecular complexity index is 1430. The van der Waals surface area contributed by atoms with Crippen molar-refractivity contribution in [1.82, 2.24) is 0 Å². The molecule has 14 heteroatoms. The lowest BCUT2D eigenvalue weighted by atomic mass is 9.90. The number of hydrogen-bond acceptors (Lipinski definition) is 8. The van der Waals surface area contributed by atoms with E-state index in [1.54, 1.807) is 0 Å². The molecule has 48 heavy (non-hydrogen) atoms. The fourth-order valence-electron chi connectivity index (χ4n) is 6.13. The van der Waals surface area contributed by atoms with E-state index in [1.165, 1.54) is 0 Å². The quantitative estimate of drug-likeness (QED) is 0.0856. The molecule has 4 rings (SSSR count). The van der Waals surface area contributed by atoms with Gasteiger partial charge in [0, 0.05) is 0 Å². The van der Waals surface area contributed by atoms with Gasteiger partial charge in [-0.3, -0.25) is 0 Å². The largest absolute Gasteiger partial charge is 0.462 e. The van der Waals surface area contributed by atoms with Crippen molar-refractivity contribution in [3.63, 3.8) is 0 Å². The standard InChI is InChI=1S/C34H36Cl6O8/c1-17-9-5-3-7-11-19(17)15-45-31(41)25-27(39)21(35)13-23(37)29(25)47-33(43)34(44)48-30-24(38)14-22(36)28(40)26(30)32(42)46-16-20-12-8-4-6-10-18(20)2/h13-14,17-20H,3-12,15-16H2,1-2H3. The number of benzene rings is 2. The topological polar surface area (TPSA) is 105 Å². The molecule has 0 spiro atoms. The second kappa shape index (κ2) is 17.8. The third-order valence-electron chi connectivity index (χ3n) is 9.15. The molecule has 2 saturated carbocycles. The Balaban J connectivity index is 1.53. The lowest BCUT2D eigenvalue weighted by Crippen LogP contribution is -2.28. The first kappa shape index (κ1) is 38.9. The van der Waals surface area contributed by atoms with Gasteiger partial charge in [0.15, 0.2) is 11.5 Å². The minimum absolute atomic E-state index is 0.101. The molecule has 0 radical (unpaired) electrons. The second-order valence-corrected chi connectivity index (χ2v) is 14.8. The van der Waals surface area contributed by atoms with Gasteiger partial charge in [-0.15, -0.1) is 0 Å². The summed E-state index contributed by atoms with van der Waals surface area (Å²) in [4.78, 5) is 52.7. The SMILES string of the molecule is CC1CCCCCC1COC(=O)c1c(Cl)c(Cl)cc(Cl)c1OC(=O)C(=O)Oc1c(Cl)cc(Cl)c(Cl)c1C(=O)OCC1CCCCCC1C. The van der Waals surface area contributed by atoms with Crippen LogP contribution in [0.3, 0.4) is 0 Å². The summed E-state index contributed by atoms with van der Waals surface area (Å²) < 4.78 is 21.6. The van der Waals surface area contributed by atoms with Gasteiger partial charge in [0.1, 0.15) is 11.1 Å². The lowest BCUT2D eigenvalue weighted by molar-refractivity contribution is -0.156. The Morgan fingerprint density at radius 3 is 1.29 bits per heavy atom. The fourth-order valence-corrected chi connectivity index (χ4v) is 7.57. The average molecular weight is 785 g/mol. The van der Waals surface area contributed by atoms with Crippen LogP contribution in [-0.4, -0.2) is 37.1 Å². The summed E-state index contributed by atoms with van der Waals surface area (Å²) >= 11 is 37.7. The highest BCUT2D eigenvalue weighted by Crippen LogP contribution is 2.42. The normalized spacial score (nSPS) is 21.4. The maximum Gasteiger partial charge on any atom is 0.423 e. The highest BCUT2D eigenvalue weighted by atomic mass is 35.5. The number of esters is 4. The van der Waals surface area contributed by atoms with Crippen molar-refractivity contribution in [2.45, 2.75) is 78.1 Å². The van der Waals surface area contributed by atoms with E-state index in [1.807, 2.05) is 0 Å². The third-order valence-corrected chi connectivity index (χ3v) is 11.3. The predicted octanol–water partition coefficient (Wildman–Crippen LogP) is 10.9. The molecule has 0 aliphatic heterocycles. The summed E-state index contributed by atoms with van der Waals surface area (Å²) in [7, 11) is 0. The molecule has 0 aromatic heterocycles. The first-order valence-electron chi connectivity index (χ1n) is 15.9. The zero-order valence-electron chi connectivity index (χ0n) is 26.5. The molecular weight excluding hydrogens is 749 g/mol. The smallest absolute Gasteiger partial charge is 0.423 e. The molecule has 2 aromatic rings. The number of carbonyl (C=O) groups excluding carboxylic acids is 4. The van der Waals surface area contributed by atoms with Gasteiger partial charge in [-0.2, -0.15) is 0 Å². The molecule has 0 amide bonds. The van der Waals surface area contributed by atoms with Crippen LogP contribution in [0.5, 0.6) is 11.5 Å². The van der Waals surface area contributed by atoms with Gasteiger partial charge in [-0.25, -0.2) is 19.2 Å². The van der Waals surface area contributed by atoms with Crippen LogP contribution in [0.15, 0.2) is 12.1 Å². The summed E-state index contributed by atoms with van der Waals surface area (Å²) in [6.45, 7) is 4.42. The highest BCUT2D eigenvalue weighted by Gasteiger charge is 2.33. The molecule has 0 bridgehead atoms.